The molecule has 3 heterocycles. The molecule has 1 amide bonds. The van der Waals surface area contributed by atoms with Crippen LogP contribution in [0.2, 0.25) is 0 Å². The average Bonchev–Trinajstić information content (AvgIpc) is 3.31. The normalized spacial score (nSPS) is 12.6. The fraction of sp³-hybridized carbons (Fsp3) is 0.167. The van der Waals surface area contributed by atoms with Gasteiger partial charge in [0.25, 0.3) is 5.91 Å². The van der Waals surface area contributed by atoms with Crippen LogP contribution >= 0.6 is 23.1 Å². The van der Waals surface area contributed by atoms with Crippen LogP contribution < -0.4 is 10.6 Å². The molecular formula is C24H23N5O3S2. The molecule has 4 rings (SSSR count). The van der Waals surface area contributed by atoms with Gasteiger partial charge in [0.05, 0.1) is 23.1 Å². The van der Waals surface area contributed by atoms with Gasteiger partial charge in [0.1, 0.15) is 17.6 Å². The number of methoxy groups -OCH3 is 1. The second kappa shape index (κ2) is 11.7. The number of amides is 1. The first-order valence-electron chi connectivity index (χ1n) is 10.4. The van der Waals surface area contributed by atoms with Crippen LogP contribution in [0, 0.1) is 0 Å². The fourth-order valence-corrected chi connectivity index (χ4v) is 5.03. The van der Waals surface area contributed by atoms with E-state index < -0.39 is 12.1 Å². The highest BCUT2D eigenvalue weighted by atomic mass is 32.2. The summed E-state index contributed by atoms with van der Waals surface area (Å²) in [5, 5.41) is 17.5. The molecule has 174 valence electrons. The molecule has 0 radical (unpaired) electrons. The monoisotopic (exact) mass is 493 g/mol. The van der Waals surface area contributed by atoms with Crippen molar-refractivity contribution in [2.75, 3.05) is 19.0 Å². The number of anilines is 2. The summed E-state index contributed by atoms with van der Waals surface area (Å²) < 4.78 is 6.17. The van der Waals surface area contributed by atoms with Crippen LogP contribution in [-0.4, -0.2) is 45.7 Å². The number of pyridine rings is 2. The molecule has 3 aromatic heterocycles. The molecule has 0 unspecified atom stereocenters. The van der Waals surface area contributed by atoms with Crippen molar-refractivity contribution in [1.29, 1.82) is 0 Å². The van der Waals surface area contributed by atoms with Crippen LogP contribution in [0.3, 0.4) is 0 Å². The Bertz CT molecular complexity index is 1210. The molecule has 0 saturated carbocycles. The minimum Gasteiger partial charge on any atom is -0.386 e. The molecule has 3 N–H and O–H groups in total. The molecule has 0 aliphatic heterocycles. The third-order valence-corrected chi connectivity index (χ3v) is 6.76. The van der Waals surface area contributed by atoms with Crippen molar-refractivity contribution < 1.29 is 14.6 Å². The second-order valence-corrected chi connectivity index (χ2v) is 9.60. The van der Waals surface area contributed by atoms with Gasteiger partial charge in [-0.15, -0.1) is 0 Å². The Hall–Kier alpha value is -3.31. The number of carbonyl (C=O) groups is 1. The van der Waals surface area contributed by atoms with Gasteiger partial charge in [-0.3, -0.25) is 9.78 Å². The Morgan fingerprint density at radius 1 is 1.09 bits per heavy atom. The summed E-state index contributed by atoms with van der Waals surface area (Å²) in [7, 11) is 1.53. The number of hydrogen-bond donors (Lipinski definition) is 3. The number of thiazole rings is 1. The van der Waals surface area contributed by atoms with E-state index in [1.165, 1.54) is 30.2 Å². The third-order valence-electron chi connectivity index (χ3n) is 4.75. The molecule has 0 spiro atoms. The standard InChI is InChI=1S/C24H23N5O3S2/c1-32-15-19(22(30)16-7-3-2-4-8-16)28-23(31)18-13-17(10-12-25-18)33-21-14-27-24(34-21)29-20-9-5-6-11-26-20/h2-14,19,22,30H,15H2,1H3,(H,28,31)(H,26,27,29)/t19-,22+/m0/s1. The lowest BCUT2D eigenvalue weighted by molar-refractivity contribution is 0.0591. The average molecular weight is 494 g/mol. The summed E-state index contributed by atoms with van der Waals surface area (Å²) in [5.74, 6) is 0.334. The molecule has 0 aliphatic carbocycles. The van der Waals surface area contributed by atoms with Gasteiger partial charge in [-0.25, -0.2) is 9.97 Å². The van der Waals surface area contributed by atoms with Gasteiger partial charge < -0.3 is 20.5 Å². The van der Waals surface area contributed by atoms with Crippen LogP contribution in [0.4, 0.5) is 10.9 Å². The molecule has 0 aliphatic rings. The highest BCUT2D eigenvalue weighted by Crippen LogP contribution is 2.34. The van der Waals surface area contributed by atoms with Crippen molar-refractivity contribution in [3.05, 3.63) is 90.5 Å². The number of rotatable bonds is 10. The van der Waals surface area contributed by atoms with Gasteiger partial charge in [-0.05, 0) is 29.8 Å². The topological polar surface area (TPSA) is 109 Å². The lowest BCUT2D eigenvalue weighted by Crippen LogP contribution is -2.42. The zero-order valence-corrected chi connectivity index (χ0v) is 19.9. The number of ether oxygens (including phenoxy) is 1. The highest BCUT2D eigenvalue weighted by molar-refractivity contribution is 8.01. The number of hydrogen-bond acceptors (Lipinski definition) is 9. The number of nitrogens with one attached hydrogen (secondary N) is 2. The molecule has 10 heteroatoms. The van der Waals surface area contributed by atoms with Gasteiger partial charge in [-0.2, -0.15) is 0 Å². The number of benzene rings is 1. The number of aromatic nitrogens is 3. The second-order valence-electron chi connectivity index (χ2n) is 7.19. The van der Waals surface area contributed by atoms with Crippen molar-refractivity contribution in [2.24, 2.45) is 0 Å². The fourth-order valence-electron chi connectivity index (χ4n) is 3.14. The molecule has 8 nitrogen and oxygen atoms in total. The summed E-state index contributed by atoms with van der Waals surface area (Å²) in [4.78, 5) is 26.6. The van der Waals surface area contributed by atoms with Crippen LogP contribution in [0.15, 0.2) is 88.4 Å². The van der Waals surface area contributed by atoms with E-state index in [0.29, 0.717) is 5.56 Å². The number of aliphatic hydroxyl groups is 1. The molecule has 2 atom stereocenters. The lowest BCUT2D eigenvalue weighted by Gasteiger charge is -2.23. The third kappa shape index (κ3) is 6.39. The van der Waals surface area contributed by atoms with Crippen molar-refractivity contribution in [3.63, 3.8) is 0 Å². The zero-order valence-electron chi connectivity index (χ0n) is 18.3. The largest absolute Gasteiger partial charge is 0.386 e. The Kier molecular flexibility index (Phi) is 8.21. The van der Waals surface area contributed by atoms with E-state index in [-0.39, 0.29) is 18.2 Å². The van der Waals surface area contributed by atoms with E-state index >= 15 is 0 Å². The van der Waals surface area contributed by atoms with Gasteiger partial charge >= 0.3 is 0 Å². The van der Waals surface area contributed by atoms with E-state index in [2.05, 4.69) is 25.6 Å². The predicted octanol–water partition coefficient (Wildman–Crippen LogP) is 4.31. The van der Waals surface area contributed by atoms with E-state index in [1.54, 1.807) is 36.8 Å². The van der Waals surface area contributed by atoms with Crippen LogP contribution in [0.1, 0.15) is 22.2 Å². The van der Waals surface area contributed by atoms with Crippen LogP contribution in [-0.2, 0) is 4.74 Å². The maximum Gasteiger partial charge on any atom is 0.270 e. The Labute approximate surface area is 205 Å². The van der Waals surface area contributed by atoms with Gasteiger partial charge in [-0.1, -0.05) is 59.5 Å². The van der Waals surface area contributed by atoms with Crippen LogP contribution in [0.25, 0.3) is 0 Å². The first-order chi connectivity index (χ1) is 16.6. The lowest BCUT2D eigenvalue weighted by atomic mass is 10.0. The molecule has 0 bridgehead atoms. The Balaban J connectivity index is 1.41. The Morgan fingerprint density at radius 2 is 1.91 bits per heavy atom. The van der Waals surface area contributed by atoms with Crippen molar-refractivity contribution in [1.82, 2.24) is 20.3 Å². The van der Waals surface area contributed by atoms with Gasteiger partial charge in [0.2, 0.25) is 0 Å². The molecule has 0 fully saturated rings. The summed E-state index contributed by atoms with van der Waals surface area (Å²) in [5.41, 5.74) is 0.949. The number of carbonyl (C=O) groups excluding carboxylic acids is 1. The quantitative estimate of drug-likeness (QED) is 0.300. The summed E-state index contributed by atoms with van der Waals surface area (Å²) >= 11 is 2.97. The minimum atomic E-state index is -0.912. The zero-order chi connectivity index (χ0) is 23.8. The maximum atomic E-state index is 12.9. The maximum absolute atomic E-state index is 12.9. The molecule has 1 aromatic carbocycles. The molecule has 4 aromatic rings. The minimum absolute atomic E-state index is 0.156. The molecule has 0 saturated heterocycles. The van der Waals surface area contributed by atoms with Gasteiger partial charge in [0.15, 0.2) is 5.13 Å². The van der Waals surface area contributed by atoms with Gasteiger partial charge in [0, 0.05) is 24.4 Å². The molecule has 34 heavy (non-hydrogen) atoms. The van der Waals surface area contributed by atoms with Crippen molar-refractivity contribution in [2.45, 2.75) is 21.3 Å². The summed E-state index contributed by atoms with van der Waals surface area (Å²) in [6, 6.07) is 17.7. The first-order valence-corrected chi connectivity index (χ1v) is 12.1. The SMILES string of the molecule is COC[C@H](NC(=O)c1cc(Sc2cnc(Nc3ccccn3)s2)ccn1)[C@H](O)c1ccccc1. The van der Waals surface area contributed by atoms with E-state index in [9.17, 15) is 9.90 Å². The predicted molar refractivity (Wildman–Crippen MR) is 133 cm³/mol. The smallest absolute Gasteiger partial charge is 0.270 e. The number of aliphatic hydroxyl groups excluding tert-OH is 1. The Morgan fingerprint density at radius 3 is 2.68 bits per heavy atom. The summed E-state index contributed by atoms with van der Waals surface area (Å²) in [6.07, 6.45) is 4.16. The number of nitrogens with zero attached hydrogens (tertiary/aromatic N) is 3. The first kappa shape index (κ1) is 23.8. The summed E-state index contributed by atoms with van der Waals surface area (Å²) in [6.45, 7) is 0.156. The van der Waals surface area contributed by atoms with E-state index in [1.807, 2.05) is 42.5 Å². The van der Waals surface area contributed by atoms with Crippen molar-refractivity contribution >= 4 is 40.0 Å². The van der Waals surface area contributed by atoms with Crippen molar-refractivity contribution in [3.8, 4) is 0 Å². The van der Waals surface area contributed by atoms with Crippen LogP contribution in [0.5, 0.6) is 0 Å². The van der Waals surface area contributed by atoms with E-state index in [4.69, 9.17) is 4.74 Å². The van der Waals surface area contributed by atoms with E-state index in [0.717, 1.165) is 20.1 Å². The highest BCUT2D eigenvalue weighted by Gasteiger charge is 2.24. The molecular weight excluding hydrogens is 470 g/mol.